The molecule has 2 aliphatic heterocycles. The zero-order chi connectivity index (χ0) is 31.3. The zero-order valence-electron chi connectivity index (χ0n) is 22.9. The number of nitrogens with two attached hydrogens (primary N) is 5. The Bertz CT molecular complexity index is 891. The molecule has 16 atom stereocenters. The summed E-state index contributed by atoms with van der Waals surface area (Å²) >= 11 is 0. The molecule has 42 heavy (non-hydrogen) atoms. The Kier molecular flexibility index (Phi) is 12.7. The molecule has 3 aliphatic rings. The quantitative estimate of drug-likeness (QED) is 0.0761. The van der Waals surface area contributed by atoms with Gasteiger partial charge in [0.05, 0.1) is 31.1 Å². The first kappa shape index (κ1) is 34.8. The largest absolute Gasteiger partial charge is 0.394 e. The van der Waals surface area contributed by atoms with E-state index in [1.165, 1.54) is 0 Å². The SMILES string of the molecule is NC=NCCC(O)C(=O)N[C@@H]1C[C@H](N)[C@@H](O[C@H]2O[C@H](CN)[C@@H](O)[C@H](O)[C@H]2N)[C@H](O)[C@H]1O[C@H]1O[C@H](CO)[C@@H](O)[C@H](N)[C@H]1O. The number of aliphatic imine (C=N–C) groups is 1. The lowest BCUT2D eigenvalue weighted by Gasteiger charge is -2.49. The van der Waals surface area contributed by atoms with E-state index < -0.39 is 110 Å². The van der Waals surface area contributed by atoms with Gasteiger partial charge in [0.1, 0.15) is 61.0 Å². The minimum absolute atomic E-state index is 0.0601. The molecule has 18 N–H and O–H groups in total. The molecule has 0 radical (unpaired) electrons. The standard InChI is InChI=1S/C23H45N7O12/c24-4-10-15(34)16(35)13(28)22(39-10)41-19-7(26)3-8(30-21(38)9(32)1-2-29-6-25)20(18(19)37)42-23-17(36)12(27)14(33)11(5-31)40-23/h6-20,22-23,31-37H,1-5,24,26-28H2,(H2,25,29)(H,30,38)/t7-,8+,9?,10+,11+,12-,13+,14+,15+,16+,17+,18-,19+,20-,22+,23+/m0/s1. The monoisotopic (exact) mass is 611 g/mol. The highest BCUT2D eigenvalue weighted by atomic mass is 16.7. The van der Waals surface area contributed by atoms with Gasteiger partial charge < -0.3 is 88.7 Å². The van der Waals surface area contributed by atoms with Gasteiger partial charge in [0, 0.05) is 25.6 Å². The van der Waals surface area contributed by atoms with Crippen LogP contribution >= 0.6 is 0 Å². The highest BCUT2D eigenvalue weighted by molar-refractivity contribution is 5.80. The number of aliphatic hydroxyl groups excluding tert-OH is 7. The van der Waals surface area contributed by atoms with Crippen LogP contribution < -0.4 is 34.0 Å². The molecule has 3 rings (SSSR count). The average Bonchev–Trinajstić information content (AvgIpc) is 2.96. The second-order valence-corrected chi connectivity index (χ2v) is 10.7. The van der Waals surface area contributed by atoms with E-state index in [9.17, 15) is 40.5 Å². The maximum Gasteiger partial charge on any atom is 0.249 e. The maximum absolute atomic E-state index is 12.8. The first-order valence-electron chi connectivity index (χ1n) is 13.6. The summed E-state index contributed by atoms with van der Waals surface area (Å²) in [6.07, 6.45) is -16.3. The molecule has 1 unspecified atom stereocenters. The van der Waals surface area contributed by atoms with E-state index in [4.69, 9.17) is 47.6 Å². The Labute approximate surface area is 241 Å². The van der Waals surface area contributed by atoms with Crippen LogP contribution in [0.1, 0.15) is 12.8 Å². The van der Waals surface area contributed by atoms with Crippen molar-refractivity contribution in [3.8, 4) is 0 Å². The number of hydrogen-bond acceptors (Lipinski definition) is 17. The molecule has 3 fully saturated rings. The summed E-state index contributed by atoms with van der Waals surface area (Å²) in [4.78, 5) is 16.5. The fraction of sp³-hybridized carbons (Fsp3) is 0.913. The lowest BCUT2D eigenvalue weighted by molar-refractivity contribution is -0.319. The van der Waals surface area contributed by atoms with Crippen LogP contribution in [0.5, 0.6) is 0 Å². The normalized spacial score (nSPS) is 45.5. The minimum atomic E-state index is -1.68. The van der Waals surface area contributed by atoms with Crippen molar-refractivity contribution >= 4 is 12.2 Å². The van der Waals surface area contributed by atoms with Crippen molar-refractivity contribution < 1.29 is 59.5 Å². The first-order valence-corrected chi connectivity index (χ1v) is 13.6. The van der Waals surface area contributed by atoms with Crippen LogP contribution in [-0.2, 0) is 23.7 Å². The van der Waals surface area contributed by atoms with Gasteiger partial charge in [-0.3, -0.25) is 9.79 Å². The summed E-state index contributed by atoms with van der Waals surface area (Å²) in [6.45, 7) is -0.793. The molecule has 0 aromatic carbocycles. The summed E-state index contributed by atoms with van der Waals surface area (Å²) in [6, 6.07) is -4.67. The summed E-state index contributed by atoms with van der Waals surface area (Å²) in [7, 11) is 0. The number of carbonyl (C=O) groups excluding carboxylic acids is 1. The molecule has 2 saturated heterocycles. The second-order valence-electron chi connectivity index (χ2n) is 10.7. The van der Waals surface area contributed by atoms with E-state index in [0.29, 0.717) is 0 Å². The lowest BCUT2D eigenvalue weighted by Crippen LogP contribution is -2.70. The van der Waals surface area contributed by atoms with Crippen molar-refractivity contribution in [3.05, 3.63) is 0 Å². The Hall–Kier alpha value is -1.66. The molecule has 0 aromatic heterocycles. The van der Waals surface area contributed by atoms with Crippen molar-refractivity contribution in [2.75, 3.05) is 19.7 Å². The Morgan fingerprint density at radius 2 is 1.57 bits per heavy atom. The van der Waals surface area contributed by atoms with E-state index >= 15 is 0 Å². The fourth-order valence-electron chi connectivity index (χ4n) is 5.23. The van der Waals surface area contributed by atoms with Gasteiger partial charge in [-0.15, -0.1) is 0 Å². The third-order valence-electron chi connectivity index (χ3n) is 7.79. The van der Waals surface area contributed by atoms with Crippen LogP contribution in [0.15, 0.2) is 4.99 Å². The van der Waals surface area contributed by atoms with Crippen LogP contribution in [0.3, 0.4) is 0 Å². The van der Waals surface area contributed by atoms with Gasteiger partial charge in [-0.25, -0.2) is 0 Å². The van der Waals surface area contributed by atoms with Crippen molar-refractivity contribution in [2.24, 2.45) is 33.7 Å². The fourth-order valence-corrected chi connectivity index (χ4v) is 5.23. The molecule has 0 bridgehead atoms. The smallest absolute Gasteiger partial charge is 0.249 e. The van der Waals surface area contributed by atoms with Crippen LogP contribution in [-0.4, -0.2) is 165 Å². The van der Waals surface area contributed by atoms with Crippen LogP contribution in [0.2, 0.25) is 0 Å². The van der Waals surface area contributed by atoms with Crippen LogP contribution in [0, 0.1) is 0 Å². The van der Waals surface area contributed by atoms with Gasteiger partial charge in [-0.1, -0.05) is 0 Å². The number of nitrogens with zero attached hydrogens (tertiary/aromatic N) is 1. The summed E-state index contributed by atoms with van der Waals surface area (Å²) in [5, 5.41) is 75.2. The minimum Gasteiger partial charge on any atom is -0.394 e. The zero-order valence-corrected chi connectivity index (χ0v) is 22.9. The summed E-state index contributed by atoms with van der Waals surface area (Å²) < 4.78 is 22.9. The van der Waals surface area contributed by atoms with Crippen LogP contribution in [0.4, 0.5) is 0 Å². The lowest BCUT2D eigenvalue weighted by atomic mass is 9.83. The van der Waals surface area contributed by atoms with Crippen molar-refractivity contribution in [1.29, 1.82) is 0 Å². The predicted octanol–water partition coefficient (Wildman–Crippen LogP) is -8.43. The summed E-state index contributed by atoms with van der Waals surface area (Å²) in [5.74, 6) is -0.842. The predicted molar refractivity (Wildman–Crippen MR) is 142 cm³/mol. The van der Waals surface area contributed by atoms with Gasteiger partial charge in [0.25, 0.3) is 0 Å². The van der Waals surface area contributed by atoms with E-state index in [0.717, 1.165) is 6.34 Å². The number of amides is 1. The molecular formula is C23H45N7O12. The van der Waals surface area contributed by atoms with Crippen molar-refractivity contribution in [1.82, 2.24) is 5.32 Å². The highest BCUT2D eigenvalue weighted by Crippen LogP contribution is 2.31. The van der Waals surface area contributed by atoms with Crippen LogP contribution in [0.25, 0.3) is 0 Å². The molecular weight excluding hydrogens is 566 g/mol. The molecule has 1 amide bonds. The van der Waals surface area contributed by atoms with Gasteiger partial charge in [-0.2, -0.15) is 0 Å². The molecule has 0 spiro atoms. The van der Waals surface area contributed by atoms with E-state index in [1.807, 2.05) is 0 Å². The topological polar surface area (TPSA) is 350 Å². The third kappa shape index (κ3) is 7.70. The number of hydrogen-bond donors (Lipinski definition) is 13. The Morgan fingerprint density at radius 1 is 0.929 bits per heavy atom. The number of rotatable bonds is 11. The number of carbonyl (C=O) groups is 1. The van der Waals surface area contributed by atoms with Gasteiger partial charge in [0.15, 0.2) is 12.6 Å². The van der Waals surface area contributed by atoms with Crippen molar-refractivity contribution in [3.63, 3.8) is 0 Å². The maximum atomic E-state index is 12.8. The van der Waals surface area contributed by atoms with E-state index in [2.05, 4.69) is 10.3 Å². The highest BCUT2D eigenvalue weighted by Gasteiger charge is 2.52. The first-order chi connectivity index (χ1) is 19.9. The van der Waals surface area contributed by atoms with E-state index in [1.54, 1.807) is 0 Å². The molecule has 1 aliphatic carbocycles. The molecule has 244 valence electrons. The van der Waals surface area contributed by atoms with Gasteiger partial charge in [0.2, 0.25) is 5.91 Å². The molecule has 1 saturated carbocycles. The number of nitrogens with one attached hydrogen (secondary N) is 1. The molecule has 19 nitrogen and oxygen atoms in total. The number of ether oxygens (including phenoxy) is 4. The number of aliphatic hydroxyl groups is 7. The van der Waals surface area contributed by atoms with Gasteiger partial charge >= 0.3 is 0 Å². The third-order valence-corrected chi connectivity index (χ3v) is 7.79. The molecule has 19 heteroatoms. The van der Waals surface area contributed by atoms with E-state index in [-0.39, 0.29) is 25.9 Å². The Morgan fingerprint density at radius 3 is 2.19 bits per heavy atom. The average molecular weight is 612 g/mol. The molecule has 0 aromatic rings. The second kappa shape index (κ2) is 15.4. The summed E-state index contributed by atoms with van der Waals surface area (Å²) in [5.41, 5.74) is 29.0. The van der Waals surface area contributed by atoms with Gasteiger partial charge in [-0.05, 0) is 6.42 Å². The van der Waals surface area contributed by atoms with Crippen molar-refractivity contribution in [2.45, 2.75) is 111 Å². The molecule has 2 heterocycles. The Balaban J connectivity index is 1.84.